The van der Waals surface area contributed by atoms with Crippen molar-refractivity contribution in [2.45, 2.75) is 18.9 Å². The number of ketones is 1. The van der Waals surface area contributed by atoms with E-state index in [1.165, 1.54) is 24.3 Å². The third-order valence-electron chi connectivity index (χ3n) is 9.25. The van der Waals surface area contributed by atoms with Crippen LogP contribution in [0.2, 0.25) is 0 Å². The van der Waals surface area contributed by atoms with Crippen LogP contribution in [0.1, 0.15) is 40.1 Å². The van der Waals surface area contributed by atoms with Crippen molar-refractivity contribution in [2.24, 2.45) is 0 Å². The smallest absolute Gasteiger partial charge is 0.269 e. The van der Waals surface area contributed by atoms with E-state index >= 15 is 0 Å². The average Bonchev–Trinajstić information content (AvgIpc) is 3.65. The summed E-state index contributed by atoms with van der Waals surface area (Å²) in [5.74, 6) is -0.611. The highest BCUT2D eigenvalue weighted by Crippen LogP contribution is 2.30. The monoisotopic (exact) mass is 697 g/mol. The lowest BCUT2D eigenvalue weighted by atomic mass is 9.89. The van der Waals surface area contributed by atoms with E-state index < -0.39 is 16.7 Å². The first-order chi connectivity index (χ1) is 25.2. The summed E-state index contributed by atoms with van der Waals surface area (Å²) in [5, 5.41) is 16.8. The minimum Gasteiger partial charge on any atom is -0.457 e. The second-order valence-electron chi connectivity index (χ2n) is 12.7. The predicted molar refractivity (Wildman–Crippen MR) is 201 cm³/mol. The Morgan fingerprint density at radius 1 is 0.827 bits per heavy atom. The van der Waals surface area contributed by atoms with Crippen molar-refractivity contribution >= 4 is 40.7 Å². The highest BCUT2D eigenvalue weighted by Gasteiger charge is 2.33. The molecule has 0 saturated carbocycles. The van der Waals surface area contributed by atoms with E-state index in [0.29, 0.717) is 34.0 Å². The van der Waals surface area contributed by atoms with Crippen molar-refractivity contribution in [1.29, 1.82) is 0 Å². The SMILES string of the molecule is C[C@H](C(C(=O)Nc1ccc(NC(=O)/C=C/c2ccc(-c3ccc([N+](=O)[O-])cc3)o2)cc1C(=O)c1ccccc1)c1ccccc1)N1CCN(C)CC1. The molecule has 2 amide bonds. The molecule has 52 heavy (non-hydrogen) atoms. The molecule has 0 spiro atoms. The summed E-state index contributed by atoms with van der Waals surface area (Å²) in [6.07, 6.45) is 2.80. The van der Waals surface area contributed by atoms with Crippen molar-refractivity contribution < 1.29 is 23.7 Å². The molecule has 1 aliphatic heterocycles. The summed E-state index contributed by atoms with van der Waals surface area (Å²) in [7, 11) is 2.09. The summed E-state index contributed by atoms with van der Waals surface area (Å²) in [4.78, 5) is 56.2. The van der Waals surface area contributed by atoms with Gasteiger partial charge in [0.2, 0.25) is 11.8 Å². The first kappa shape index (κ1) is 35.6. The van der Waals surface area contributed by atoms with Crippen LogP contribution in [-0.2, 0) is 9.59 Å². The average molecular weight is 698 g/mol. The number of nitro benzene ring substituents is 1. The van der Waals surface area contributed by atoms with Crippen molar-refractivity contribution in [2.75, 3.05) is 43.9 Å². The van der Waals surface area contributed by atoms with Crippen LogP contribution in [0.25, 0.3) is 17.4 Å². The van der Waals surface area contributed by atoms with Gasteiger partial charge in [-0.3, -0.25) is 29.4 Å². The number of benzene rings is 4. The Kier molecular flexibility index (Phi) is 11.1. The molecule has 2 N–H and O–H groups in total. The highest BCUT2D eigenvalue weighted by atomic mass is 16.6. The maximum atomic E-state index is 14.2. The Balaban J connectivity index is 1.22. The molecule has 1 fully saturated rings. The van der Waals surface area contributed by atoms with Gasteiger partial charge in [0, 0.05) is 72.8 Å². The zero-order valence-electron chi connectivity index (χ0n) is 28.9. The fourth-order valence-corrected chi connectivity index (χ4v) is 6.31. The number of nitrogens with zero attached hydrogens (tertiary/aromatic N) is 3. The number of furan rings is 1. The van der Waals surface area contributed by atoms with Crippen LogP contribution in [0, 0.1) is 10.1 Å². The molecule has 0 aliphatic carbocycles. The third kappa shape index (κ3) is 8.58. The van der Waals surface area contributed by atoms with Crippen molar-refractivity contribution in [1.82, 2.24) is 9.80 Å². The van der Waals surface area contributed by atoms with Crippen molar-refractivity contribution in [3.63, 3.8) is 0 Å². The number of carbonyl (C=O) groups excluding carboxylic acids is 3. The standard InChI is InChI=1S/C41H39N5O6/c1-28(45-25-23-44(2)24-26-45)39(30-9-5-3-6-10-30)41(49)43-36-20-15-32(27-35(36)40(48)31-11-7-4-8-12-31)42-38(47)22-19-34-18-21-37(52-34)29-13-16-33(17-14-29)46(50)51/h3-22,27-28,39H,23-26H2,1-2H3,(H,42,47)(H,43,49)/b22-19+/t28-,39?/m1/s1. The minimum atomic E-state index is -0.503. The number of amides is 2. The first-order valence-corrected chi connectivity index (χ1v) is 17.0. The molecule has 11 heteroatoms. The minimum absolute atomic E-state index is 0.0247. The van der Waals surface area contributed by atoms with E-state index in [9.17, 15) is 24.5 Å². The normalized spacial score (nSPS) is 14.8. The number of nitro groups is 1. The molecule has 1 saturated heterocycles. The molecule has 0 radical (unpaired) electrons. The van der Waals surface area contributed by atoms with Gasteiger partial charge in [-0.15, -0.1) is 0 Å². The second-order valence-corrected chi connectivity index (χ2v) is 12.7. The number of nitrogens with one attached hydrogen (secondary N) is 2. The highest BCUT2D eigenvalue weighted by molar-refractivity contribution is 6.15. The number of anilines is 2. The van der Waals surface area contributed by atoms with E-state index in [4.69, 9.17) is 4.42 Å². The molecule has 0 bridgehead atoms. The predicted octanol–water partition coefficient (Wildman–Crippen LogP) is 7.10. The Bertz CT molecular complexity index is 2070. The Morgan fingerprint density at radius 2 is 1.50 bits per heavy atom. The third-order valence-corrected chi connectivity index (χ3v) is 9.25. The summed E-state index contributed by atoms with van der Waals surface area (Å²) in [6.45, 7) is 5.59. The van der Waals surface area contributed by atoms with Gasteiger partial charge in [-0.2, -0.15) is 0 Å². The second kappa shape index (κ2) is 16.2. The van der Waals surface area contributed by atoms with Crippen LogP contribution in [0.3, 0.4) is 0 Å². The summed E-state index contributed by atoms with van der Waals surface area (Å²) >= 11 is 0. The van der Waals surface area contributed by atoms with E-state index in [1.807, 2.05) is 36.4 Å². The van der Waals surface area contributed by atoms with Crippen LogP contribution < -0.4 is 10.6 Å². The van der Waals surface area contributed by atoms with Gasteiger partial charge in [0.1, 0.15) is 11.5 Å². The summed E-state index contributed by atoms with van der Waals surface area (Å²) in [6, 6.07) is 32.6. The Morgan fingerprint density at radius 3 is 2.17 bits per heavy atom. The number of piperazine rings is 1. The Hall–Kier alpha value is -6.17. The number of rotatable bonds is 12. The number of non-ortho nitro benzene ring substituents is 1. The van der Waals surface area contributed by atoms with Crippen LogP contribution in [0.4, 0.5) is 17.1 Å². The first-order valence-electron chi connectivity index (χ1n) is 17.0. The molecule has 5 aromatic rings. The van der Waals surface area contributed by atoms with Gasteiger partial charge in [-0.25, -0.2) is 0 Å². The fourth-order valence-electron chi connectivity index (χ4n) is 6.31. The van der Waals surface area contributed by atoms with Crippen LogP contribution in [0.5, 0.6) is 0 Å². The number of carbonyl (C=O) groups is 3. The number of likely N-dealkylation sites (N-methyl/N-ethyl adjacent to an activating group) is 1. The van der Waals surface area contributed by atoms with E-state index in [1.54, 1.807) is 66.7 Å². The lowest BCUT2D eigenvalue weighted by Crippen LogP contribution is -2.51. The Labute approximate surface area is 301 Å². The summed E-state index contributed by atoms with van der Waals surface area (Å²) < 4.78 is 5.81. The molecular weight excluding hydrogens is 658 g/mol. The van der Waals surface area contributed by atoms with Gasteiger partial charge < -0.3 is 20.0 Å². The summed E-state index contributed by atoms with van der Waals surface area (Å²) in [5.41, 5.74) is 2.89. The van der Waals surface area contributed by atoms with Gasteiger partial charge in [0.25, 0.3) is 5.69 Å². The number of hydrogen-bond acceptors (Lipinski definition) is 8. The van der Waals surface area contributed by atoms with Gasteiger partial charge in [0.05, 0.1) is 16.5 Å². The van der Waals surface area contributed by atoms with Gasteiger partial charge >= 0.3 is 0 Å². The van der Waals surface area contributed by atoms with Gasteiger partial charge in [-0.1, -0.05) is 60.7 Å². The molecular formula is C41H39N5O6. The molecule has 264 valence electrons. The molecule has 4 aromatic carbocycles. The van der Waals surface area contributed by atoms with Crippen LogP contribution >= 0.6 is 0 Å². The van der Waals surface area contributed by atoms with Crippen LogP contribution in [0.15, 0.2) is 126 Å². The molecule has 2 heterocycles. The fraction of sp³-hybridized carbons (Fsp3) is 0.195. The molecule has 1 aromatic heterocycles. The quantitative estimate of drug-likeness (QED) is 0.0610. The zero-order valence-corrected chi connectivity index (χ0v) is 28.9. The maximum Gasteiger partial charge on any atom is 0.269 e. The van der Waals surface area contributed by atoms with E-state index in [0.717, 1.165) is 31.7 Å². The molecule has 2 atom stereocenters. The maximum absolute atomic E-state index is 14.2. The molecule has 6 rings (SSSR count). The molecule has 1 unspecified atom stereocenters. The topological polar surface area (TPSA) is 138 Å². The van der Waals surface area contributed by atoms with Crippen molar-refractivity contribution in [3.8, 4) is 11.3 Å². The van der Waals surface area contributed by atoms with Crippen molar-refractivity contribution in [3.05, 3.63) is 154 Å². The lowest BCUT2D eigenvalue weighted by molar-refractivity contribution is -0.384. The largest absolute Gasteiger partial charge is 0.457 e. The van der Waals surface area contributed by atoms with Gasteiger partial charge in [0.15, 0.2) is 5.78 Å². The van der Waals surface area contributed by atoms with Crippen LogP contribution in [-0.4, -0.2) is 71.6 Å². The van der Waals surface area contributed by atoms with Gasteiger partial charge in [-0.05, 0) is 68.1 Å². The lowest BCUT2D eigenvalue weighted by Gasteiger charge is -2.39. The van der Waals surface area contributed by atoms with E-state index in [2.05, 4.69) is 34.4 Å². The molecule has 11 nitrogen and oxygen atoms in total. The van der Waals surface area contributed by atoms with E-state index in [-0.39, 0.29) is 29.0 Å². The number of hydrogen-bond donors (Lipinski definition) is 2. The zero-order chi connectivity index (χ0) is 36.6. The molecule has 1 aliphatic rings.